The highest BCUT2D eigenvalue weighted by molar-refractivity contribution is 7.80. The first-order chi connectivity index (χ1) is 14.3. The summed E-state index contributed by atoms with van der Waals surface area (Å²) in [7, 11) is 0. The molecule has 6 heteroatoms. The molecule has 30 heavy (non-hydrogen) atoms. The lowest BCUT2D eigenvalue weighted by Crippen LogP contribution is -2.34. The molecule has 0 fully saturated rings. The molecule has 0 aliphatic rings. The first kappa shape index (κ1) is 21.2. The van der Waals surface area contributed by atoms with Crippen molar-refractivity contribution in [2.24, 2.45) is 0 Å². The molecule has 0 bridgehead atoms. The number of benzene rings is 3. The number of carbonyl (C=O) groups excluding carboxylic acids is 2. The fourth-order valence-electron chi connectivity index (χ4n) is 3.03. The Bertz CT molecular complexity index is 1110. The zero-order chi connectivity index (χ0) is 21.7. The Morgan fingerprint density at radius 2 is 1.37 bits per heavy atom. The summed E-state index contributed by atoms with van der Waals surface area (Å²) in [4.78, 5) is 24.8. The van der Waals surface area contributed by atoms with Crippen LogP contribution in [0, 0.1) is 20.8 Å². The summed E-state index contributed by atoms with van der Waals surface area (Å²) >= 11 is 5.25. The van der Waals surface area contributed by atoms with Crippen molar-refractivity contribution in [2.45, 2.75) is 20.8 Å². The van der Waals surface area contributed by atoms with Crippen LogP contribution in [-0.2, 0) is 0 Å². The van der Waals surface area contributed by atoms with Crippen molar-refractivity contribution in [2.75, 3.05) is 10.6 Å². The maximum Gasteiger partial charge on any atom is 0.257 e. The van der Waals surface area contributed by atoms with Gasteiger partial charge in [0.25, 0.3) is 11.8 Å². The zero-order valence-corrected chi connectivity index (χ0v) is 17.9. The van der Waals surface area contributed by atoms with Crippen LogP contribution in [0.1, 0.15) is 37.4 Å². The molecule has 0 radical (unpaired) electrons. The lowest BCUT2D eigenvalue weighted by Gasteiger charge is -2.12. The van der Waals surface area contributed by atoms with E-state index < -0.39 is 0 Å². The maximum absolute atomic E-state index is 12.4. The summed E-state index contributed by atoms with van der Waals surface area (Å²) in [5.74, 6) is -0.428. The molecule has 2 amide bonds. The molecule has 0 atom stereocenters. The van der Waals surface area contributed by atoms with E-state index in [1.54, 1.807) is 36.4 Å². The molecule has 0 aromatic heterocycles. The molecule has 152 valence electrons. The van der Waals surface area contributed by atoms with E-state index in [0.29, 0.717) is 22.5 Å². The van der Waals surface area contributed by atoms with Gasteiger partial charge in [-0.1, -0.05) is 35.4 Å². The van der Waals surface area contributed by atoms with Crippen LogP contribution in [0.5, 0.6) is 0 Å². The van der Waals surface area contributed by atoms with Gasteiger partial charge in [0, 0.05) is 22.5 Å². The minimum atomic E-state index is -0.257. The third-order valence-corrected chi connectivity index (χ3v) is 4.74. The van der Waals surface area contributed by atoms with E-state index in [9.17, 15) is 9.59 Å². The standard InChI is InChI=1S/C24H23N3O2S/c1-15-5-4-6-18(14-15)22(28)25-19-8-10-20(11-9-19)26-24(30)27-23(29)21-12-7-16(2)13-17(21)3/h4-14H,1-3H3,(H,25,28)(H2,26,27,29,30). The van der Waals surface area contributed by atoms with Gasteiger partial charge in [0.05, 0.1) is 0 Å². The molecular weight excluding hydrogens is 394 g/mol. The third-order valence-electron chi connectivity index (χ3n) is 4.53. The molecule has 0 aliphatic carbocycles. The number of carbonyl (C=O) groups is 2. The molecule has 0 saturated carbocycles. The molecule has 3 N–H and O–H groups in total. The minimum absolute atomic E-state index is 0.171. The first-order valence-corrected chi connectivity index (χ1v) is 9.90. The Kier molecular flexibility index (Phi) is 6.59. The van der Waals surface area contributed by atoms with Gasteiger partial charge in [-0.25, -0.2) is 0 Å². The van der Waals surface area contributed by atoms with Crippen LogP contribution in [0.3, 0.4) is 0 Å². The fraction of sp³-hybridized carbons (Fsp3) is 0.125. The molecular formula is C24H23N3O2S. The number of amides is 2. The topological polar surface area (TPSA) is 70.2 Å². The predicted octanol–water partition coefficient (Wildman–Crippen LogP) is 4.99. The van der Waals surface area contributed by atoms with Crippen molar-refractivity contribution in [3.63, 3.8) is 0 Å². The summed E-state index contributed by atoms with van der Waals surface area (Å²) < 4.78 is 0. The molecule has 3 aromatic carbocycles. The normalized spacial score (nSPS) is 10.2. The van der Waals surface area contributed by atoms with E-state index >= 15 is 0 Å². The van der Waals surface area contributed by atoms with Crippen LogP contribution in [0.2, 0.25) is 0 Å². The second-order valence-electron chi connectivity index (χ2n) is 7.13. The number of thiocarbonyl (C=S) groups is 1. The Hall–Kier alpha value is -3.51. The van der Waals surface area contributed by atoms with E-state index in [4.69, 9.17) is 12.2 Å². The van der Waals surface area contributed by atoms with Crippen LogP contribution in [0.25, 0.3) is 0 Å². The first-order valence-electron chi connectivity index (χ1n) is 9.49. The lowest BCUT2D eigenvalue weighted by molar-refractivity contribution is 0.0975. The molecule has 0 spiro atoms. The number of hydrogen-bond acceptors (Lipinski definition) is 3. The van der Waals surface area contributed by atoms with Gasteiger partial charge in [0.15, 0.2) is 5.11 Å². The maximum atomic E-state index is 12.4. The van der Waals surface area contributed by atoms with E-state index in [1.165, 1.54) is 0 Å². The molecule has 0 saturated heterocycles. The van der Waals surface area contributed by atoms with E-state index in [2.05, 4.69) is 16.0 Å². The quantitative estimate of drug-likeness (QED) is 0.523. The number of nitrogens with one attached hydrogen (secondary N) is 3. The Labute approximate surface area is 181 Å². The highest BCUT2D eigenvalue weighted by Gasteiger charge is 2.11. The number of aryl methyl sites for hydroxylation is 3. The zero-order valence-electron chi connectivity index (χ0n) is 17.1. The van der Waals surface area contributed by atoms with Crippen LogP contribution in [0.15, 0.2) is 66.7 Å². The van der Waals surface area contributed by atoms with E-state index in [0.717, 1.165) is 16.7 Å². The number of rotatable bonds is 4. The van der Waals surface area contributed by atoms with Crippen LogP contribution in [-0.4, -0.2) is 16.9 Å². The largest absolute Gasteiger partial charge is 0.332 e. The third kappa shape index (κ3) is 5.52. The van der Waals surface area contributed by atoms with E-state index in [1.807, 2.05) is 51.1 Å². The summed E-state index contributed by atoms with van der Waals surface area (Å²) in [5.41, 5.74) is 5.57. The van der Waals surface area contributed by atoms with Crippen molar-refractivity contribution in [1.29, 1.82) is 0 Å². The summed E-state index contributed by atoms with van der Waals surface area (Å²) in [5, 5.41) is 8.74. The molecule has 0 heterocycles. The monoisotopic (exact) mass is 417 g/mol. The number of hydrogen-bond donors (Lipinski definition) is 3. The van der Waals surface area contributed by atoms with Gasteiger partial charge >= 0.3 is 0 Å². The fourth-order valence-corrected chi connectivity index (χ4v) is 3.24. The summed E-state index contributed by atoms with van der Waals surface area (Å²) in [6.07, 6.45) is 0. The minimum Gasteiger partial charge on any atom is -0.332 e. The van der Waals surface area contributed by atoms with Gasteiger partial charge in [0.2, 0.25) is 0 Å². The van der Waals surface area contributed by atoms with Crippen molar-refractivity contribution >= 4 is 40.5 Å². The number of anilines is 2. The predicted molar refractivity (Wildman–Crippen MR) is 125 cm³/mol. The van der Waals surface area contributed by atoms with Gasteiger partial charge in [-0.2, -0.15) is 0 Å². The summed E-state index contributed by atoms with van der Waals surface area (Å²) in [6.45, 7) is 5.81. The average molecular weight is 418 g/mol. The Morgan fingerprint density at radius 3 is 2.00 bits per heavy atom. The molecule has 0 aliphatic heterocycles. The Morgan fingerprint density at radius 1 is 0.733 bits per heavy atom. The smallest absolute Gasteiger partial charge is 0.257 e. The molecule has 0 unspecified atom stereocenters. The molecule has 3 aromatic rings. The van der Waals surface area contributed by atoms with Crippen molar-refractivity contribution < 1.29 is 9.59 Å². The molecule has 5 nitrogen and oxygen atoms in total. The highest BCUT2D eigenvalue weighted by Crippen LogP contribution is 2.16. The van der Waals surface area contributed by atoms with Gasteiger partial charge in [-0.3, -0.25) is 14.9 Å². The van der Waals surface area contributed by atoms with Crippen molar-refractivity contribution in [1.82, 2.24) is 5.32 Å². The van der Waals surface area contributed by atoms with Gasteiger partial charge in [-0.15, -0.1) is 0 Å². The van der Waals surface area contributed by atoms with Crippen LogP contribution >= 0.6 is 12.2 Å². The van der Waals surface area contributed by atoms with E-state index in [-0.39, 0.29) is 16.9 Å². The molecule has 3 rings (SSSR count). The van der Waals surface area contributed by atoms with Gasteiger partial charge in [0.1, 0.15) is 0 Å². The van der Waals surface area contributed by atoms with Gasteiger partial charge in [-0.05, 0) is 81.0 Å². The Balaban J connectivity index is 1.57. The van der Waals surface area contributed by atoms with Crippen molar-refractivity contribution in [3.8, 4) is 0 Å². The van der Waals surface area contributed by atoms with Gasteiger partial charge < -0.3 is 10.6 Å². The summed E-state index contributed by atoms with van der Waals surface area (Å²) in [6, 6.07) is 20.1. The second kappa shape index (κ2) is 9.33. The lowest BCUT2D eigenvalue weighted by atomic mass is 10.1. The second-order valence-corrected chi connectivity index (χ2v) is 7.54. The van der Waals surface area contributed by atoms with Crippen LogP contribution in [0.4, 0.5) is 11.4 Å². The highest BCUT2D eigenvalue weighted by atomic mass is 32.1. The average Bonchev–Trinajstić information content (AvgIpc) is 2.69. The van der Waals surface area contributed by atoms with Crippen molar-refractivity contribution in [3.05, 3.63) is 94.5 Å². The van der Waals surface area contributed by atoms with Crippen LogP contribution < -0.4 is 16.0 Å². The SMILES string of the molecule is Cc1cccc(C(=O)Nc2ccc(NC(=S)NC(=O)c3ccc(C)cc3C)cc2)c1.